The molecular formula is C30H52O2. The van der Waals surface area contributed by atoms with Gasteiger partial charge in [-0.15, -0.1) is 0 Å². The van der Waals surface area contributed by atoms with Crippen molar-refractivity contribution in [3.63, 3.8) is 0 Å². The molecule has 2 rings (SSSR count). The third-order valence-electron chi connectivity index (χ3n) is 6.44. The Balaban J connectivity index is 0.000000894. The quantitative estimate of drug-likeness (QED) is 0.190. The van der Waals surface area contributed by atoms with Gasteiger partial charge in [-0.2, -0.15) is 0 Å². The van der Waals surface area contributed by atoms with Crippen LogP contribution >= 0.6 is 0 Å². The van der Waals surface area contributed by atoms with E-state index < -0.39 is 0 Å². The van der Waals surface area contributed by atoms with Crippen LogP contribution in [0.5, 0.6) is 0 Å². The second-order valence-corrected chi connectivity index (χ2v) is 9.51. The van der Waals surface area contributed by atoms with Crippen LogP contribution in [0.3, 0.4) is 0 Å². The van der Waals surface area contributed by atoms with E-state index in [9.17, 15) is 0 Å². The van der Waals surface area contributed by atoms with Crippen molar-refractivity contribution in [2.75, 3.05) is 0 Å². The minimum absolute atomic E-state index is 0.584. The Morgan fingerprint density at radius 2 is 1.00 bits per heavy atom. The molecule has 0 aliphatic carbocycles. The van der Waals surface area contributed by atoms with Gasteiger partial charge >= 0.3 is 0 Å². The highest BCUT2D eigenvalue weighted by molar-refractivity contribution is 5.03. The van der Waals surface area contributed by atoms with Crippen LogP contribution in [0.1, 0.15) is 148 Å². The van der Waals surface area contributed by atoms with Crippen molar-refractivity contribution in [3.8, 4) is 0 Å². The first kappa shape index (κ1) is 28.6. The molecule has 32 heavy (non-hydrogen) atoms. The topological polar surface area (TPSA) is 26.3 Å². The molecule has 0 radical (unpaired) electrons. The summed E-state index contributed by atoms with van der Waals surface area (Å²) >= 11 is 0. The summed E-state index contributed by atoms with van der Waals surface area (Å²) in [6, 6.07) is 7.78. The predicted molar refractivity (Wildman–Crippen MR) is 139 cm³/mol. The van der Waals surface area contributed by atoms with E-state index in [4.69, 9.17) is 4.42 Å². The van der Waals surface area contributed by atoms with Crippen LogP contribution < -0.4 is 0 Å². The smallest absolute Gasteiger partial charge is 0.106 e. The summed E-state index contributed by atoms with van der Waals surface area (Å²) in [5, 5.41) is 0. The Labute approximate surface area is 199 Å². The highest BCUT2D eigenvalue weighted by Crippen LogP contribution is 2.22. The molecule has 0 bridgehead atoms. The van der Waals surface area contributed by atoms with Gasteiger partial charge in [0.2, 0.25) is 0 Å². The zero-order valence-electron chi connectivity index (χ0n) is 21.4. The van der Waals surface area contributed by atoms with Crippen molar-refractivity contribution in [2.24, 2.45) is 0 Å². The molecule has 0 saturated carbocycles. The molecule has 0 fully saturated rings. The van der Waals surface area contributed by atoms with Crippen molar-refractivity contribution >= 4 is 0 Å². The maximum atomic E-state index is 5.48. The van der Waals surface area contributed by atoms with E-state index in [1.54, 1.807) is 18.8 Å². The van der Waals surface area contributed by atoms with Crippen molar-refractivity contribution in [1.29, 1.82) is 0 Å². The lowest BCUT2D eigenvalue weighted by Crippen LogP contribution is -1.91. The normalized spacial score (nSPS) is 11.8. The fraction of sp³-hybridized carbons (Fsp3) is 0.733. The molecule has 2 heterocycles. The molecule has 0 aliphatic rings. The van der Waals surface area contributed by atoms with Crippen LogP contribution in [-0.2, 0) is 0 Å². The molecule has 2 aromatic heterocycles. The summed E-state index contributed by atoms with van der Waals surface area (Å²) in [5.41, 5.74) is 0. The van der Waals surface area contributed by atoms with Gasteiger partial charge in [0.05, 0.1) is 18.8 Å². The number of hydrogen-bond donors (Lipinski definition) is 0. The molecule has 0 aromatic carbocycles. The summed E-state index contributed by atoms with van der Waals surface area (Å²) in [7, 11) is 0. The Bertz CT molecular complexity index is 526. The monoisotopic (exact) mass is 444 g/mol. The minimum Gasteiger partial charge on any atom is -0.473 e. The number of unbranched alkanes of at least 4 members (excludes halogenated alkanes) is 17. The lowest BCUT2D eigenvalue weighted by Gasteiger charge is -2.08. The van der Waals surface area contributed by atoms with Crippen LogP contribution in [0.25, 0.3) is 0 Å². The average Bonchev–Trinajstić information content (AvgIpc) is 3.55. The minimum atomic E-state index is 0.584. The average molecular weight is 445 g/mol. The maximum absolute atomic E-state index is 5.48. The maximum Gasteiger partial charge on any atom is 0.106 e. The highest BCUT2D eigenvalue weighted by atomic mass is 16.3. The van der Waals surface area contributed by atoms with Gasteiger partial charge in [-0.05, 0) is 30.7 Å². The van der Waals surface area contributed by atoms with Gasteiger partial charge in [-0.1, -0.05) is 129 Å². The number of furan rings is 2. The van der Waals surface area contributed by atoms with Crippen LogP contribution in [0.15, 0.2) is 51.9 Å². The number of hydrogen-bond acceptors (Lipinski definition) is 2. The van der Waals surface area contributed by atoms with E-state index in [-0.39, 0.29) is 0 Å². The van der Waals surface area contributed by atoms with Gasteiger partial charge in [0.1, 0.15) is 5.76 Å². The van der Waals surface area contributed by atoms with E-state index in [1.165, 1.54) is 122 Å². The fourth-order valence-electron chi connectivity index (χ4n) is 4.29. The first-order valence-electron chi connectivity index (χ1n) is 13.8. The Morgan fingerprint density at radius 1 is 0.562 bits per heavy atom. The zero-order valence-corrected chi connectivity index (χ0v) is 21.4. The van der Waals surface area contributed by atoms with E-state index in [2.05, 4.69) is 24.3 Å². The molecule has 0 aliphatic heterocycles. The molecule has 2 nitrogen and oxygen atoms in total. The lowest BCUT2D eigenvalue weighted by molar-refractivity contribution is 0.447. The fourth-order valence-corrected chi connectivity index (χ4v) is 4.29. The highest BCUT2D eigenvalue weighted by Gasteiger charge is 2.07. The SMILES string of the molecule is CCCCCCCCCCCCCCCCCCCCC(C)c1ccco1.c1ccoc1. The van der Waals surface area contributed by atoms with Gasteiger partial charge in [0.15, 0.2) is 0 Å². The van der Waals surface area contributed by atoms with Crippen LogP contribution in [-0.4, -0.2) is 0 Å². The molecule has 1 atom stereocenters. The molecule has 184 valence electrons. The van der Waals surface area contributed by atoms with Crippen LogP contribution in [0, 0.1) is 0 Å². The van der Waals surface area contributed by atoms with E-state index in [0.29, 0.717) is 5.92 Å². The Morgan fingerprint density at radius 3 is 1.34 bits per heavy atom. The lowest BCUT2D eigenvalue weighted by atomic mass is 9.99. The Kier molecular flexibility index (Phi) is 20.3. The molecule has 0 amide bonds. The number of rotatable bonds is 20. The van der Waals surface area contributed by atoms with E-state index in [0.717, 1.165) is 5.76 Å². The van der Waals surface area contributed by atoms with E-state index >= 15 is 0 Å². The summed E-state index contributed by atoms with van der Waals surface area (Å²) in [4.78, 5) is 0. The first-order valence-corrected chi connectivity index (χ1v) is 13.8. The second kappa shape index (κ2) is 22.7. The van der Waals surface area contributed by atoms with Gasteiger partial charge in [0.25, 0.3) is 0 Å². The van der Waals surface area contributed by atoms with Crippen LogP contribution in [0.4, 0.5) is 0 Å². The summed E-state index contributed by atoms with van der Waals surface area (Å²) < 4.78 is 10.1. The molecule has 0 spiro atoms. The summed E-state index contributed by atoms with van der Waals surface area (Å²) in [5.74, 6) is 1.74. The van der Waals surface area contributed by atoms with Crippen molar-refractivity contribution < 1.29 is 8.83 Å². The van der Waals surface area contributed by atoms with E-state index in [1.807, 2.05) is 18.2 Å². The zero-order chi connectivity index (χ0) is 23.0. The summed E-state index contributed by atoms with van der Waals surface area (Å²) in [6.07, 6.45) is 32.3. The van der Waals surface area contributed by atoms with Gasteiger partial charge in [0, 0.05) is 5.92 Å². The third-order valence-corrected chi connectivity index (χ3v) is 6.44. The molecule has 1 unspecified atom stereocenters. The molecule has 0 N–H and O–H groups in total. The van der Waals surface area contributed by atoms with Gasteiger partial charge in [-0.25, -0.2) is 0 Å². The predicted octanol–water partition coefficient (Wildman–Crippen LogP) is 11.1. The second-order valence-electron chi connectivity index (χ2n) is 9.51. The first-order chi connectivity index (χ1) is 15.8. The molecular weight excluding hydrogens is 392 g/mol. The molecule has 0 saturated heterocycles. The largest absolute Gasteiger partial charge is 0.473 e. The van der Waals surface area contributed by atoms with Gasteiger partial charge < -0.3 is 8.83 Å². The van der Waals surface area contributed by atoms with Crippen LogP contribution in [0.2, 0.25) is 0 Å². The molecule has 2 heteroatoms. The van der Waals surface area contributed by atoms with Crippen molar-refractivity contribution in [1.82, 2.24) is 0 Å². The standard InChI is InChI=1S/C26H48O.C4H4O/c1-3-4-5-6-7-8-9-10-11-12-13-14-15-16-17-18-19-20-22-25(2)26-23-21-24-27-26;1-2-4-5-3-1/h21,23-25H,3-20,22H2,1-2H3;1-4H. The van der Waals surface area contributed by atoms with Crippen molar-refractivity contribution in [2.45, 2.75) is 142 Å². The summed E-state index contributed by atoms with van der Waals surface area (Å²) in [6.45, 7) is 4.58. The third kappa shape index (κ3) is 18.2. The molecule has 2 aromatic rings. The Hall–Kier alpha value is -1.44. The van der Waals surface area contributed by atoms with Gasteiger partial charge in [-0.3, -0.25) is 0 Å². The van der Waals surface area contributed by atoms with Crippen molar-refractivity contribution in [3.05, 3.63) is 48.8 Å².